The Morgan fingerprint density at radius 2 is 1.67 bits per heavy atom. The summed E-state index contributed by atoms with van der Waals surface area (Å²) in [5.41, 5.74) is 0. The van der Waals surface area contributed by atoms with Gasteiger partial charge in [0, 0.05) is 24.7 Å². The molecule has 1 aliphatic heterocycles. The molecule has 1 heterocycles. The van der Waals surface area contributed by atoms with Crippen LogP contribution in [0.2, 0.25) is 0 Å². The zero-order valence-corrected chi connectivity index (χ0v) is 10.3. The number of rotatable bonds is 2. The fourth-order valence-electron chi connectivity index (χ4n) is 3.12. The van der Waals surface area contributed by atoms with Gasteiger partial charge in [-0.3, -0.25) is 4.90 Å². The fourth-order valence-corrected chi connectivity index (χ4v) is 3.12. The minimum atomic E-state index is 0.737. The Bertz CT molecular complexity index is 179. The Balaban J connectivity index is 1.81. The third kappa shape index (κ3) is 2.94. The highest BCUT2D eigenvalue weighted by Crippen LogP contribution is 2.25. The summed E-state index contributed by atoms with van der Waals surface area (Å²) < 4.78 is 0. The third-order valence-corrected chi connectivity index (χ3v) is 4.36. The van der Waals surface area contributed by atoms with Crippen LogP contribution in [-0.2, 0) is 0 Å². The van der Waals surface area contributed by atoms with Crippen molar-refractivity contribution < 1.29 is 0 Å². The summed E-state index contributed by atoms with van der Waals surface area (Å²) in [6.07, 6.45) is 9.97. The molecule has 1 saturated heterocycles. The predicted octanol–water partition coefficient (Wildman–Crippen LogP) is 2.39. The smallest absolute Gasteiger partial charge is 0.0221 e. The number of piperidine rings is 1. The summed E-state index contributed by atoms with van der Waals surface area (Å²) >= 11 is 0. The van der Waals surface area contributed by atoms with Crippen molar-refractivity contribution in [3.05, 3.63) is 0 Å². The van der Waals surface area contributed by atoms with Crippen molar-refractivity contribution >= 4 is 0 Å². The Morgan fingerprint density at radius 1 is 0.933 bits per heavy atom. The van der Waals surface area contributed by atoms with E-state index in [0.717, 1.165) is 18.1 Å². The Hall–Kier alpha value is -0.0800. The average Bonchev–Trinajstić information content (AvgIpc) is 2.30. The van der Waals surface area contributed by atoms with Crippen molar-refractivity contribution in [3.63, 3.8) is 0 Å². The molecule has 0 amide bonds. The summed E-state index contributed by atoms with van der Waals surface area (Å²) in [7, 11) is 2.35. The minimum Gasteiger partial charge on any atom is -0.313 e. The number of nitrogens with zero attached hydrogens (tertiary/aromatic N) is 1. The summed E-state index contributed by atoms with van der Waals surface area (Å²) in [6, 6.07) is 2.41. The van der Waals surface area contributed by atoms with E-state index in [1.165, 1.54) is 51.5 Å². The van der Waals surface area contributed by atoms with Crippen molar-refractivity contribution in [1.29, 1.82) is 0 Å². The molecule has 15 heavy (non-hydrogen) atoms. The second-order valence-electron chi connectivity index (χ2n) is 5.50. The van der Waals surface area contributed by atoms with Crippen LogP contribution in [0.1, 0.15) is 51.9 Å². The molecule has 2 rings (SSSR count). The van der Waals surface area contributed by atoms with E-state index >= 15 is 0 Å². The van der Waals surface area contributed by atoms with Gasteiger partial charge in [0.1, 0.15) is 0 Å². The highest BCUT2D eigenvalue weighted by Gasteiger charge is 2.26. The first-order valence-corrected chi connectivity index (χ1v) is 6.72. The molecule has 2 atom stereocenters. The largest absolute Gasteiger partial charge is 0.313 e. The maximum absolute atomic E-state index is 3.61. The molecule has 2 aliphatic rings. The van der Waals surface area contributed by atoms with Crippen LogP contribution in [-0.4, -0.2) is 36.6 Å². The third-order valence-electron chi connectivity index (χ3n) is 4.36. The maximum Gasteiger partial charge on any atom is 0.0221 e. The quantitative estimate of drug-likeness (QED) is 0.753. The van der Waals surface area contributed by atoms with Crippen LogP contribution >= 0.6 is 0 Å². The number of likely N-dealkylation sites (N-methyl/N-ethyl adjacent to an activating group) is 1. The molecule has 2 nitrogen and oxygen atoms in total. The SMILES string of the molecule is CC1CCC(N(C)C2CCCCC2)CN1. The fraction of sp³-hybridized carbons (Fsp3) is 1.00. The first kappa shape index (κ1) is 11.4. The molecule has 2 unspecified atom stereocenters. The predicted molar refractivity (Wildman–Crippen MR) is 65.1 cm³/mol. The molecule has 0 aromatic carbocycles. The van der Waals surface area contributed by atoms with Crippen LogP contribution in [0.25, 0.3) is 0 Å². The molecule has 1 saturated carbocycles. The van der Waals surface area contributed by atoms with Gasteiger partial charge in [-0.1, -0.05) is 19.3 Å². The Kier molecular flexibility index (Phi) is 4.04. The van der Waals surface area contributed by atoms with E-state index in [2.05, 4.69) is 24.2 Å². The number of hydrogen-bond donors (Lipinski definition) is 1. The van der Waals surface area contributed by atoms with E-state index in [1.54, 1.807) is 0 Å². The van der Waals surface area contributed by atoms with Crippen LogP contribution in [0.4, 0.5) is 0 Å². The first-order chi connectivity index (χ1) is 7.27. The van der Waals surface area contributed by atoms with Gasteiger partial charge in [0.05, 0.1) is 0 Å². The number of nitrogens with one attached hydrogen (secondary N) is 1. The molecular formula is C13H26N2. The van der Waals surface area contributed by atoms with Gasteiger partial charge in [0.15, 0.2) is 0 Å². The normalized spacial score (nSPS) is 34.6. The van der Waals surface area contributed by atoms with E-state index in [4.69, 9.17) is 0 Å². The lowest BCUT2D eigenvalue weighted by Gasteiger charge is -2.40. The highest BCUT2D eigenvalue weighted by molar-refractivity contribution is 4.85. The molecule has 0 aromatic rings. The van der Waals surface area contributed by atoms with Crippen molar-refractivity contribution in [2.75, 3.05) is 13.6 Å². The standard InChI is InChI=1S/C13H26N2/c1-11-8-9-13(10-14-11)15(2)12-6-4-3-5-7-12/h11-14H,3-10H2,1-2H3. The monoisotopic (exact) mass is 210 g/mol. The van der Waals surface area contributed by atoms with E-state index in [0.29, 0.717) is 0 Å². The van der Waals surface area contributed by atoms with Gasteiger partial charge in [-0.05, 0) is 39.7 Å². The molecule has 0 radical (unpaired) electrons. The van der Waals surface area contributed by atoms with Crippen LogP contribution < -0.4 is 5.32 Å². The van der Waals surface area contributed by atoms with E-state index in [-0.39, 0.29) is 0 Å². The van der Waals surface area contributed by atoms with Crippen LogP contribution in [0.15, 0.2) is 0 Å². The zero-order chi connectivity index (χ0) is 10.7. The second-order valence-corrected chi connectivity index (χ2v) is 5.50. The van der Waals surface area contributed by atoms with E-state index in [1.807, 2.05) is 0 Å². The lowest BCUT2D eigenvalue weighted by Crippen LogP contribution is -2.51. The summed E-state index contributed by atoms with van der Waals surface area (Å²) in [4.78, 5) is 2.66. The highest BCUT2D eigenvalue weighted by atomic mass is 15.2. The maximum atomic E-state index is 3.61. The van der Waals surface area contributed by atoms with Gasteiger partial charge in [-0.2, -0.15) is 0 Å². The molecule has 2 fully saturated rings. The van der Waals surface area contributed by atoms with Crippen LogP contribution in [0.5, 0.6) is 0 Å². The lowest BCUT2D eigenvalue weighted by atomic mass is 9.92. The van der Waals surface area contributed by atoms with Gasteiger partial charge >= 0.3 is 0 Å². The van der Waals surface area contributed by atoms with Gasteiger partial charge in [0.25, 0.3) is 0 Å². The minimum absolute atomic E-state index is 0.737. The van der Waals surface area contributed by atoms with Gasteiger partial charge in [-0.25, -0.2) is 0 Å². The molecule has 1 aliphatic carbocycles. The summed E-state index contributed by atoms with van der Waals surface area (Å²) in [6.45, 7) is 3.50. The topological polar surface area (TPSA) is 15.3 Å². The lowest BCUT2D eigenvalue weighted by molar-refractivity contribution is 0.111. The van der Waals surface area contributed by atoms with Crippen LogP contribution in [0, 0.1) is 0 Å². The van der Waals surface area contributed by atoms with Crippen molar-refractivity contribution in [3.8, 4) is 0 Å². The van der Waals surface area contributed by atoms with Crippen molar-refractivity contribution in [2.45, 2.75) is 70.0 Å². The number of hydrogen-bond acceptors (Lipinski definition) is 2. The van der Waals surface area contributed by atoms with Crippen molar-refractivity contribution in [2.24, 2.45) is 0 Å². The van der Waals surface area contributed by atoms with Crippen molar-refractivity contribution in [1.82, 2.24) is 10.2 Å². The molecule has 0 spiro atoms. The molecular weight excluding hydrogens is 184 g/mol. The first-order valence-electron chi connectivity index (χ1n) is 6.72. The summed E-state index contributed by atoms with van der Waals surface area (Å²) in [5, 5.41) is 3.61. The van der Waals surface area contributed by atoms with Gasteiger partial charge < -0.3 is 5.32 Å². The van der Waals surface area contributed by atoms with Gasteiger partial charge in [0.2, 0.25) is 0 Å². The Morgan fingerprint density at radius 3 is 2.27 bits per heavy atom. The summed E-state index contributed by atoms with van der Waals surface area (Å²) in [5.74, 6) is 0. The molecule has 0 bridgehead atoms. The van der Waals surface area contributed by atoms with Crippen LogP contribution in [0.3, 0.4) is 0 Å². The second kappa shape index (κ2) is 5.31. The van der Waals surface area contributed by atoms with Gasteiger partial charge in [-0.15, -0.1) is 0 Å². The zero-order valence-electron chi connectivity index (χ0n) is 10.3. The Labute approximate surface area is 94.4 Å². The van der Waals surface area contributed by atoms with E-state index < -0.39 is 0 Å². The molecule has 0 aromatic heterocycles. The molecule has 88 valence electrons. The average molecular weight is 210 g/mol. The molecule has 2 heteroatoms. The van der Waals surface area contributed by atoms with E-state index in [9.17, 15) is 0 Å². The molecule has 1 N–H and O–H groups in total.